The van der Waals surface area contributed by atoms with E-state index in [-0.39, 0.29) is 26.4 Å². The minimum Gasteiger partial charge on any atom is -0.388 e. The minimum atomic E-state index is -1.32. The molecular formula is C32H38O9. The molecule has 0 unspecified atom stereocenters. The van der Waals surface area contributed by atoms with Crippen LogP contribution in [0.2, 0.25) is 0 Å². The van der Waals surface area contributed by atoms with E-state index >= 15 is 0 Å². The van der Waals surface area contributed by atoms with E-state index < -0.39 is 55.3 Å². The molecule has 5 rings (SSSR count). The van der Waals surface area contributed by atoms with Crippen LogP contribution in [-0.2, 0) is 48.2 Å². The highest BCUT2D eigenvalue weighted by atomic mass is 16.7. The molecule has 9 nitrogen and oxygen atoms in total. The first-order chi connectivity index (χ1) is 20.0. The second-order valence-corrected chi connectivity index (χ2v) is 10.4. The topological polar surface area (TPSA) is 116 Å². The van der Waals surface area contributed by atoms with Gasteiger partial charge < -0.3 is 43.7 Å². The Morgan fingerprint density at radius 3 is 1.61 bits per heavy atom. The van der Waals surface area contributed by atoms with Gasteiger partial charge in [-0.05, 0) is 23.6 Å². The highest BCUT2D eigenvalue weighted by Crippen LogP contribution is 2.32. The number of benzene rings is 3. The molecule has 3 aromatic carbocycles. The molecule has 0 radical (unpaired) electrons. The molecule has 0 spiro atoms. The van der Waals surface area contributed by atoms with Gasteiger partial charge in [-0.2, -0.15) is 0 Å². The van der Waals surface area contributed by atoms with Gasteiger partial charge in [0.1, 0.15) is 36.6 Å². The van der Waals surface area contributed by atoms with Gasteiger partial charge in [0.25, 0.3) is 0 Å². The average molecular weight is 567 g/mol. The number of hydrogen-bond donors (Lipinski definition) is 3. The van der Waals surface area contributed by atoms with Crippen molar-refractivity contribution in [1.82, 2.24) is 0 Å². The van der Waals surface area contributed by atoms with Crippen molar-refractivity contribution in [1.29, 1.82) is 0 Å². The van der Waals surface area contributed by atoms with E-state index in [1.807, 2.05) is 91.0 Å². The first-order valence-electron chi connectivity index (χ1n) is 13.9. The molecule has 3 aromatic rings. The standard InChI is InChI=1S/C32H38O9/c1-21-27(36-17-22-11-5-2-6-12-22)29(30(31(35)40-21)38-19-24-15-9-4-10-16-24)41-32-26(34)28(25(33)20-39-32)37-18-23-13-7-3-8-14-23/h2-16,21,25-35H,17-20H2,1H3/t21-,25-,26-,27-,28+,29+,30-,31-,32+/m1/s1. The molecule has 41 heavy (non-hydrogen) atoms. The van der Waals surface area contributed by atoms with Crippen LogP contribution < -0.4 is 0 Å². The predicted octanol–water partition coefficient (Wildman–Crippen LogP) is 2.94. The predicted molar refractivity (Wildman–Crippen MR) is 148 cm³/mol. The maximum atomic E-state index is 11.2. The van der Waals surface area contributed by atoms with Crippen LogP contribution in [0.25, 0.3) is 0 Å². The Hall–Kier alpha value is -2.70. The fraction of sp³-hybridized carbons (Fsp3) is 0.438. The van der Waals surface area contributed by atoms with Gasteiger partial charge >= 0.3 is 0 Å². The minimum absolute atomic E-state index is 0.104. The molecule has 0 aromatic heterocycles. The van der Waals surface area contributed by atoms with Gasteiger partial charge in [-0.3, -0.25) is 0 Å². The van der Waals surface area contributed by atoms with E-state index in [9.17, 15) is 15.3 Å². The van der Waals surface area contributed by atoms with Crippen LogP contribution in [0.4, 0.5) is 0 Å². The van der Waals surface area contributed by atoms with Crippen molar-refractivity contribution in [3.63, 3.8) is 0 Å². The summed E-state index contributed by atoms with van der Waals surface area (Å²) in [5.41, 5.74) is 2.77. The molecule has 0 amide bonds. The molecule has 0 aliphatic carbocycles. The Morgan fingerprint density at radius 2 is 1.10 bits per heavy atom. The quantitative estimate of drug-likeness (QED) is 0.322. The fourth-order valence-electron chi connectivity index (χ4n) is 5.11. The number of rotatable bonds is 11. The molecule has 2 aliphatic heterocycles. The molecule has 2 fully saturated rings. The van der Waals surface area contributed by atoms with Gasteiger partial charge in [0.05, 0.1) is 32.5 Å². The maximum Gasteiger partial charge on any atom is 0.186 e. The van der Waals surface area contributed by atoms with Gasteiger partial charge in [0, 0.05) is 0 Å². The van der Waals surface area contributed by atoms with Gasteiger partial charge in [-0.15, -0.1) is 0 Å². The number of aliphatic hydroxyl groups is 3. The van der Waals surface area contributed by atoms with Crippen molar-refractivity contribution < 1.29 is 43.7 Å². The molecule has 9 heteroatoms. The van der Waals surface area contributed by atoms with E-state index in [2.05, 4.69) is 0 Å². The van der Waals surface area contributed by atoms with Crippen molar-refractivity contribution in [3.8, 4) is 0 Å². The lowest BCUT2D eigenvalue weighted by atomic mass is 9.98. The molecule has 0 bridgehead atoms. The van der Waals surface area contributed by atoms with Crippen LogP contribution in [0, 0.1) is 0 Å². The smallest absolute Gasteiger partial charge is 0.186 e. The fourth-order valence-corrected chi connectivity index (χ4v) is 5.11. The number of ether oxygens (including phenoxy) is 6. The summed E-state index contributed by atoms with van der Waals surface area (Å²) < 4.78 is 36.3. The first kappa shape index (κ1) is 29.8. The van der Waals surface area contributed by atoms with Gasteiger partial charge in [0.15, 0.2) is 12.6 Å². The zero-order valence-corrected chi connectivity index (χ0v) is 23.0. The van der Waals surface area contributed by atoms with E-state index in [1.165, 1.54) is 0 Å². The van der Waals surface area contributed by atoms with Gasteiger partial charge in [-0.25, -0.2) is 0 Å². The molecule has 3 N–H and O–H groups in total. The second-order valence-electron chi connectivity index (χ2n) is 10.4. The number of hydrogen-bond acceptors (Lipinski definition) is 9. The molecule has 220 valence electrons. The molecule has 2 heterocycles. The summed E-state index contributed by atoms with van der Waals surface area (Å²) >= 11 is 0. The molecular weight excluding hydrogens is 528 g/mol. The third-order valence-electron chi connectivity index (χ3n) is 7.32. The van der Waals surface area contributed by atoms with E-state index in [1.54, 1.807) is 6.92 Å². The summed E-state index contributed by atoms with van der Waals surface area (Å²) in [4.78, 5) is 0. The zero-order valence-electron chi connectivity index (χ0n) is 23.0. The second kappa shape index (κ2) is 14.5. The maximum absolute atomic E-state index is 11.2. The Labute approximate surface area is 240 Å². The van der Waals surface area contributed by atoms with E-state index in [0.29, 0.717) is 0 Å². The summed E-state index contributed by atoms with van der Waals surface area (Å²) in [7, 11) is 0. The van der Waals surface area contributed by atoms with Crippen LogP contribution in [0.15, 0.2) is 91.0 Å². The number of aliphatic hydroxyl groups excluding tert-OH is 3. The average Bonchev–Trinajstić information content (AvgIpc) is 2.99. The largest absolute Gasteiger partial charge is 0.388 e. The Kier molecular flexibility index (Phi) is 10.5. The van der Waals surface area contributed by atoms with E-state index in [4.69, 9.17) is 28.4 Å². The zero-order chi connectivity index (χ0) is 28.6. The van der Waals surface area contributed by atoms with Crippen molar-refractivity contribution in [2.24, 2.45) is 0 Å². The Balaban J connectivity index is 1.33. The molecule has 9 atom stereocenters. The van der Waals surface area contributed by atoms with Crippen molar-refractivity contribution in [3.05, 3.63) is 108 Å². The summed E-state index contributed by atoms with van der Waals surface area (Å²) in [5.74, 6) is 0. The van der Waals surface area contributed by atoms with Gasteiger partial charge in [0.2, 0.25) is 0 Å². The highest BCUT2D eigenvalue weighted by Gasteiger charge is 2.50. The van der Waals surface area contributed by atoms with Crippen molar-refractivity contribution in [2.75, 3.05) is 6.61 Å². The Morgan fingerprint density at radius 1 is 0.634 bits per heavy atom. The normalized spacial score (nSPS) is 32.0. The monoisotopic (exact) mass is 566 g/mol. The third kappa shape index (κ3) is 7.78. The summed E-state index contributed by atoms with van der Waals surface area (Å²) in [5, 5.41) is 32.7. The van der Waals surface area contributed by atoms with Crippen LogP contribution in [0.1, 0.15) is 23.6 Å². The first-order valence-corrected chi connectivity index (χ1v) is 13.9. The third-order valence-corrected chi connectivity index (χ3v) is 7.32. The SMILES string of the molecule is C[C@H]1O[C@@H](O)[C@H](OCc2ccccc2)[C@@H](O[C@@H]2OC[C@@H](O)[C@H](OCc3ccccc3)[C@H]2O)[C@@H]1OCc1ccccc1. The van der Waals surface area contributed by atoms with Crippen LogP contribution in [-0.4, -0.2) is 77.2 Å². The highest BCUT2D eigenvalue weighted by molar-refractivity contribution is 5.15. The van der Waals surface area contributed by atoms with Crippen molar-refractivity contribution >= 4 is 0 Å². The molecule has 2 aliphatic rings. The van der Waals surface area contributed by atoms with Crippen LogP contribution in [0.5, 0.6) is 0 Å². The Bertz CT molecular complexity index is 1110. The lowest BCUT2D eigenvalue weighted by Crippen LogP contribution is -2.63. The lowest BCUT2D eigenvalue weighted by Gasteiger charge is -2.46. The van der Waals surface area contributed by atoms with Crippen molar-refractivity contribution in [2.45, 2.75) is 82.1 Å². The lowest BCUT2D eigenvalue weighted by molar-refractivity contribution is -0.353. The van der Waals surface area contributed by atoms with E-state index in [0.717, 1.165) is 16.7 Å². The van der Waals surface area contributed by atoms with Crippen LogP contribution >= 0.6 is 0 Å². The summed E-state index contributed by atoms with van der Waals surface area (Å²) in [6.07, 6.45) is -8.89. The molecule has 2 saturated heterocycles. The summed E-state index contributed by atoms with van der Waals surface area (Å²) in [6.45, 7) is 2.35. The van der Waals surface area contributed by atoms with Gasteiger partial charge in [-0.1, -0.05) is 91.0 Å². The van der Waals surface area contributed by atoms with Crippen LogP contribution in [0.3, 0.4) is 0 Å². The molecule has 0 saturated carbocycles. The summed E-state index contributed by atoms with van der Waals surface area (Å²) in [6, 6.07) is 28.7.